The van der Waals surface area contributed by atoms with Crippen molar-refractivity contribution < 1.29 is 22.4 Å². The summed E-state index contributed by atoms with van der Waals surface area (Å²) in [6, 6.07) is 4.30. The first-order valence-electron chi connectivity index (χ1n) is 8.21. The van der Waals surface area contributed by atoms with E-state index in [9.17, 15) is 22.4 Å². The molecule has 28 heavy (non-hydrogen) atoms. The predicted molar refractivity (Wildman–Crippen MR) is 86.8 cm³/mol. The van der Waals surface area contributed by atoms with Crippen molar-refractivity contribution in [2.45, 2.75) is 19.1 Å². The van der Waals surface area contributed by atoms with Crippen LogP contribution in [0.15, 0.2) is 36.8 Å². The Kier molecular flexibility index (Phi) is 4.28. The molecular formula is C17H12F4N6O. The van der Waals surface area contributed by atoms with Crippen LogP contribution in [0.5, 0.6) is 0 Å². The molecule has 1 aliphatic heterocycles. The summed E-state index contributed by atoms with van der Waals surface area (Å²) in [5.41, 5.74) is -0.884. The molecule has 0 spiro atoms. The van der Waals surface area contributed by atoms with E-state index in [4.69, 9.17) is 0 Å². The second-order valence-corrected chi connectivity index (χ2v) is 6.10. The maximum absolute atomic E-state index is 14.3. The highest BCUT2D eigenvalue weighted by Gasteiger charge is 2.37. The summed E-state index contributed by atoms with van der Waals surface area (Å²) >= 11 is 0. The first kappa shape index (κ1) is 18.0. The highest BCUT2D eigenvalue weighted by molar-refractivity contribution is 5.94. The fourth-order valence-corrected chi connectivity index (χ4v) is 3.06. The number of carbonyl (C=O) groups is 1. The van der Waals surface area contributed by atoms with E-state index in [1.165, 1.54) is 15.9 Å². The second-order valence-electron chi connectivity index (χ2n) is 6.10. The van der Waals surface area contributed by atoms with Crippen LogP contribution in [0, 0.1) is 5.82 Å². The van der Waals surface area contributed by atoms with Gasteiger partial charge >= 0.3 is 6.18 Å². The number of halogens is 4. The number of alkyl halides is 3. The number of carbonyl (C=O) groups excluding carboxylic acids is 1. The van der Waals surface area contributed by atoms with Crippen molar-refractivity contribution >= 4 is 5.91 Å². The van der Waals surface area contributed by atoms with Gasteiger partial charge in [-0.15, -0.1) is 5.10 Å². The molecule has 0 unspecified atom stereocenters. The van der Waals surface area contributed by atoms with Crippen molar-refractivity contribution in [3.8, 4) is 5.82 Å². The minimum atomic E-state index is -4.88. The van der Waals surface area contributed by atoms with Crippen molar-refractivity contribution in [3.05, 3.63) is 65.1 Å². The van der Waals surface area contributed by atoms with E-state index in [1.807, 2.05) is 0 Å². The molecule has 0 saturated carbocycles. The molecule has 1 aromatic carbocycles. The summed E-state index contributed by atoms with van der Waals surface area (Å²) in [4.78, 5) is 21.8. The average molecular weight is 392 g/mol. The second kappa shape index (κ2) is 6.66. The van der Waals surface area contributed by atoms with E-state index in [-0.39, 0.29) is 13.1 Å². The maximum atomic E-state index is 14.3. The summed E-state index contributed by atoms with van der Waals surface area (Å²) in [5, 5.41) is 8.04. The number of nitrogens with zero attached hydrogens (tertiary/aromatic N) is 6. The highest BCUT2D eigenvalue weighted by Crippen LogP contribution is 2.33. The minimum Gasteiger partial charge on any atom is -0.332 e. The summed E-state index contributed by atoms with van der Waals surface area (Å²) in [6.07, 6.45) is -1.63. The molecule has 3 heterocycles. The Morgan fingerprint density at radius 2 is 2.00 bits per heavy atom. The average Bonchev–Trinajstić information content (AvgIpc) is 3.10. The highest BCUT2D eigenvalue weighted by atomic mass is 19.4. The number of aromatic nitrogens is 5. The van der Waals surface area contributed by atoms with Gasteiger partial charge < -0.3 is 4.90 Å². The minimum absolute atomic E-state index is 0.00886. The Labute approximate surface area is 155 Å². The Morgan fingerprint density at radius 3 is 2.71 bits per heavy atom. The topological polar surface area (TPSA) is 76.8 Å². The molecule has 0 fully saturated rings. The Bertz CT molecular complexity index is 1030. The number of rotatable bonds is 2. The van der Waals surface area contributed by atoms with Gasteiger partial charge in [-0.3, -0.25) is 4.79 Å². The number of benzene rings is 1. The summed E-state index contributed by atoms with van der Waals surface area (Å²) in [6.45, 7) is 0.189. The Balaban J connectivity index is 1.61. The van der Waals surface area contributed by atoms with Crippen molar-refractivity contribution in [1.82, 2.24) is 29.9 Å². The van der Waals surface area contributed by atoms with Crippen LogP contribution < -0.4 is 0 Å². The lowest BCUT2D eigenvalue weighted by Crippen LogP contribution is -2.37. The smallest absolute Gasteiger partial charge is 0.332 e. The van der Waals surface area contributed by atoms with Crippen molar-refractivity contribution in [3.63, 3.8) is 0 Å². The number of fused-ring (bicyclic) bond motifs is 1. The van der Waals surface area contributed by atoms with Crippen LogP contribution in [0.25, 0.3) is 5.82 Å². The zero-order valence-electron chi connectivity index (χ0n) is 14.2. The quantitative estimate of drug-likeness (QED) is 0.626. The number of amides is 1. The molecule has 0 atom stereocenters. The van der Waals surface area contributed by atoms with E-state index in [0.29, 0.717) is 24.0 Å². The molecule has 0 radical (unpaired) electrons. The molecule has 0 N–H and O–H groups in total. The van der Waals surface area contributed by atoms with E-state index >= 15 is 0 Å². The van der Waals surface area contributed by atoms with Crippen molar-refractivity contribution in [2.24, 2.45) is 0 Å². The van der Waals surface area contributed by atoms with Crippen molar-refractivity contribution in [2.75, 3.05) is 6.54 Å². The fraction of sp³-hybridized carbons (Fsp3) is 0.235. The number of hydrogen-bond donors (Lipinski definition) is 0. The normalized spacial score (nSPS) is 14.1. The van der Waals surface area contributed by atoms with Gasteiger partial charge in [-0.05, 0) is 12.1 Å². The van der Waals surface area contributed by atoms with E-state index in [1.54, 1.807) is 12.3 Å². The van der Waals surface area contributed by atoms with E-state index in [0.717, 1.165) is 17.8 Å². The SMILES string of the molecule is O=C(c1cccc(C(F)(F)F)c1F)N1CCc2c(nnn2-c2ccncn2)C1. The first-order valence-corrected chi connectivity index (χ1v) is 8.21. The Morgan fingerprint density at radius 1 is 1.18 bits per heavy atom. The largest absolute Gasteiger partial charge is 0.419 e. The first-order chi connectivity index (χ1) is 13.4. The van der Waals surface area contributed by atoms with Gasteiger partial charge in [0.15, 0.2) is 5.82 Å². The zero-order valence-corrected chi connectivity index (χ0v) is 14.2. The molecule has 11 heteroatoms. The number of hydrogen-bond acceptors (Lipinski definition) is 5. The Hall–Kier alpha value is -3.37. The lowest BCUT2D eigenvalue weighted by atomic mass is 10.1. The molecule has 0 bridgehead atoms. The fourth-order valence-electron chi connectivity index (χ4n) is 3.06. The van der Waals surface area contributed by atoms with Gasteiger partial charge in [-0.1, -0.05) is 11.3 Å². The van der Waals surface area contributed by atoms with Gasteiger partial charge in [0, 0.05) is 25.2 Å². The zero-order chi connectivity index (χ0) is 19.9. The van der Waals surface area contributed by atoms with Crippen LogP contribution >= 0.6 is 0 Å². The van der Waals surface area contributed by atoms with Gasteiger partial charge in [0.1, 0.15) is 17.8 Å². The molecule has 7 nitrogen and oxygen atoms in total. The summed E-state index contributed by atoms with van der Waals surface area (Å²) in [5.74, 6) is -1.89. The van der Waals surface area contributed by atoms with Crippen LogP contribution in [-0.4, -0.2) is 42.3 Å². The van der Waals surface area contributed by atoms with Crippen LogP contribution in [0.4, 0.5) is 17.6 Å². The molecule has 4 rings (SSSR count). The standard InChI is InChI=1S/C17H12F4N6O/c18-15-10(2-1-3-11(15)17(19,20)21)16(28)26-7-5-13-12(8-26)24-25-27(13)14-4-6-22-9-23-14/h1-4,6,9H,5,7-8H2. The molecule has 0 aliphatic carbocycles. The molecule has 144 valence electrons. The van der Waals surface area contributed by atoms with Crippen LogP contribution in [0.1, 0.15) is 27.3 Å². The molecule has 1 aliphatic rings. The summed E-state index contributed by atoms with van der Waals surface area (Å²) < 4.78 is 54.5. The van der Waals surface area contributed by atoms with Gasteiger partial charge in [-0.25, -0.2) is 14.4 Å². The van der Waals surface area contributed by atoms with Crippen molar-refractivity contribution in [1.29, 1.82) is 0 Å². The predicted octanol–water partition coefficient (Wildman–Crippen LogP) is 2.41. The third-order valence-corrected chi connectivity index (χ3v) is 4.41. The monoisotopic (exact) mass is 392 g/mol. The van der Waals surface area contributed by atoms with E-state index < -0.39 is 29.0 Å². The summed E-state index contributed by atoms with van der Waals surface area (Å²) in [7, 11) is 0. The molecule has 1 amide bonds. The van der Waals surface area contributed by atoms with Crippen LogP contribution in [0.3, 0.4) is 0 Å². The van der Waals surface area contributed by atoms with Crippen LogP contribution in [0.2, 0.25) is 0 Å². The lowest BCUT2D eigenvalue weighted by molar-refractivity contribution is -0.140. The third-order valence-electron chi connectivity index (χ3n) is 4.41. The lowest BCUT2D eigenvalue weighted by Gasteiger charge is -2.26. The third kappa shape index (κ3) is 3.08. The van der Waals surface area contributed by atoms with Gasteiger partial charge in [0.05, 0.1) is 23.4 Å². The van der Waals surface area contributed by atoms with Crippen LogP contribution in [-0.2, 0) is 19.1 Å². The molecule has 3 aromatic rings. The van der Waals surface area contributed by atoms with Gasteiger partial charge in [0.25, 0.3) is 5.91 Å². The molecular weight excluding hydrogens is 380 g/mol. The molecule has 0 saturated heterocycles. The molecule has 2 aromatic heterocycles. The van der Waals surface area contributed by atoms with Gasteiger partial charge in [-0.2, -0.15) is 17.9 Å². The van der Waals surface area contributed by atoms with Gasteiger partial charge in [0.2, 0.25) is 0 Å². The van der Waals surface area contributed by atoms with E-state index in [2.05, 4.69) is 20.3 Å². The maximum Gasteiger partial charge on any atom is 0.419 e.